The van der Waals surface area contributed by atoms with Gasteiger partial charge in [0.05, 0.1) is 0 Å². The Morgan fingerprint density at radius 1 is 1.09 bits per heavy atom. The molecule has 0 unspecified atom stereocenters. The first-order chi connectivity index (χ1) is 15.5. The molecule has 2 amide bonds. The molecule has 0 bridgehead atoms. The first kappa shape index (κ1) is 23.1. The Labute approximate surface area is 189 Å². The molecule has 1 fully saturated rings. The molecule has 8 nitrogen and oxygen atoms in total. The van der Waals surface area contributed by atoms with Gasteiger partial charge in [-0.2, -0.15) is 0 Å². The van der Waals surface area contributed by atoms with Gasteiger partial charge in [-0.25, -0.2) is 0 Å². The summed E-state index contributed by atoms with van der Waals surface area (Å²) in [7, 11) is 5.13. The van der Waals surface area contributed by atoms with Crippen LogP contribution in [0.15, 0.2) is 53.5 Å². The topological polar surface area (TPSA) is 86.3 Å². The lowest BCUT2D eigenvalue weighted by Gasteiger charge is -2.16. The Kier molecular flexibility index (Phi) is 8.08. The molecule has 1 saturated heterocycles. The Morgan fingerprint density at radius 2 is 1.81 bits per heavy atom. The third-order valence-corrected chi connectivity index (χ3v) is 5.22. The Bertz CT molecular complexity index is 956. The highest BCUT2D eigenvalue weighted by Crippen LogP contribution is 2.21. The first-order valence-corrected chi connectivity index (χ1v) is 10.7. The van der Waals surface area contributed by atoms with Gasteiger partial charge in [0.25, 0.3) is 5.91 Å². The van der Waals surface area contributed by atoms with E-state index < -0.39 is 0 Å². The minimum atomic E-state index is -0.0850. The van der Waals surface area contributed by atoms with Gasteiger partial charge < -0.3 is 25.2 Å². The van der Waals surface area contributed by atoms with E-state index in [1.54, 1.807) is 21.1 Å². The van der Waals surface area contributed by atoms with Gasteiger partial charge in [0.2, 0.25) is 5.91 Å². The van der Waals surface area contributed by atoms with Crippen LogP contribution in [0.5, 0.6) is 5.75 Å². The summed E-state index contributed by atoms with van der Waals surface area (Å²) >= 11 is 0. The first-order valence-electron chi connectivity index (χ1n) is 10.7. The van der Waals surface area contributed by atoms with Crippen LogP contribution in [0.2, 0.25) is 0 Å². The fourth-order valence-corrected chi connectivity index (χ4v) is 3.33. The number of benzene rings is 2. The van der Waals surface area contributed by atoms with E-state index in [4.69, 9.17) is 4.74 Å². The summed E-state index contributed by atoms with van der Waals surface area (Å²) in [6.07, 6.45) is 1.56. The number of carbonyl (C=O) groups excluding carboxylic acids is 2. The minimum absolute atomic E-state index is 0.0117. The van der Waals surface area contributed by atoms with Crippen molar-refractivity contribution in [2.24, 2.45) is 4.99 Å². The monoisotopic (exact) mass is 437 g/mol. The molecule has 2 aromatic carbocycles. The Morgan fingerprint density at radius 3 is 2.44 bits per heavy atom. The number of anilines is 1. The molecule has 8 heteroatoms. The third-order valence-electron chi connectivity index (χ3n) is 5.22. The van der Waals surface area contributed by atoms with E-state index >= 15 is 0 Å². The number of carbonyl (C=O) groups is 2. The molecule has 2 aromatic rings. The second kappa shape index (κ2) is 11.2. The van der Waals surface area contributed by atoms with E-state index in [1.807, 2.05) is 53.4 Å². The number of hydrogen-bond donors (Lipinski definition) is 2. The molecule has 0 aliphatic carbocycles. The van der Waals surface area contributed by atoms with Crippen LogP contribution in [0.1, 0.15) is 24.0 Å². The van der Waals surface area contributed by atoms with E-state index in [9.17, 15) is 9.59 Å². The number of rotatable bonds is 8. The van der Waals surface area contributed by atoms with Crippen LogP contribution in [-0.2, 0) is 22.7 Å². The summed E-state index contributed by atoms with van der Waals surface area (Å²) < 4.78 is 5.57. The molecule has 0 saturated carbocycles. The zero-order chi connectivity index (χ0) is 22.9. The van der Waals surface area contributed by atoms with E-state index in [2.05, 4.69) is 15.6 Å². The number of amides is 2. The van der Waals surface area contributed by atoms with Gasteiger partial charge in [-0.15, -0.1) is 0 Å². The molecule has 0 radical (unpaired) electrons. The minimum Gasteiger partial charge on any atom is -0.484 e. The summed E-state index contributed by atoms with van der Waals surface area (Å²) in [5, 5.41) is 6.58. The van der Waals surface area contributed by atoms with Crippen molar-refractivity contribution in [2.45, 2.75) is 25.9 Å². The maximum atomic E-state index is 11.9. The largest absolute Gasteiger partial charge is 0.484 e. The van der Waals surface area contributed by atoms with Crippen LogP contribution in [-0.4, -0.2) is 57.0 Å². The van der Waals surface area contributed by atoms with E-state index in [-0.39, 0.29) is 18.4 Å². The average Bonchev–Trinajstić information content (AvgIpc) is 3.24. The van der Waals surface area contributed by atoms with Crippen LogP contribution in [0, 0.1) is 0 Å². The van der Waals surface area contributed by atoms with Gasteiger partial charge in [0.15, 0.2) is 12.6 Å². The maximum Gasteiger partial charge on any atom is 0.259 e. The molecule has 1 aliphatic rings. The fourth-order valence-electron chi connectivity index (χ4n) is 3.33. The quantitative estimate of drug-likeness (QED) is 0.488. The highest BCUT2D eigenvalue weighted by molar-refractivity contribution is 5.95. The van der Waals surface area contributed by atoms with Gasteiger partial charge in [-0.1, -0.05) is 24.3 Å². The van der Waals surface area contributed by atoms with Crippen molar-refractivity contribution in [1.29, 1.82) is 0 Å². The van der Waals surface area contributed by atoms with Crippen molar-refractivity contribution in [3.05, 3.63) is 59.7 Å². The van der Waals surface area contributed by atoms with Gasteiger partial charge in [0, 0.05) is 52.9 Å². The predicted molar refractivity (Wildman–Crippen MR) is 126 cm³/mol. The second-order valence-electron chi connectivity index (χ2n) is 7.82. The van der Waals surface area contributed by atoms with Crippen molar-refractivity contribution in [3.63, 3.8) is 0 Å². The number of likely N-dealkylation sites (N-methyl/N-ethyl adjacent to an activating group) is 1. The van der Waals surface area contributed by atoms with Gasteiger partial charge in [0.1, 0.15) is 5.75 Å². The van der Waals surface area contributed by atoms with Crippen molar-refractivity contribution < 1.29 is 14.3 Å². The molecular weight excluding hydrogens is 406 g/mol. The standard InChI is InChI=1S/C24H31N5O3/c1-25-24(26-15-18-9-11-20(12-10-18)29-13-5-8-22(29)30)27-16-19-6-4-7-21(14-19)32-17-23(31)28(2)3/h4,6-7,9-12,14H,5,8,13,15-17H2,1-3H3,(H2,25,26,27). The van der Waals surface area contributed by atoms with Crippen LogP contribution >= 0.6 is 0 Å². The highest BCUT2D eigenvalue weighted by Gasteiger charge is 2.21. The van der Waals surface area contributed by atoms with Crippen LogP contribution in [0.4, 0.5) is 5.69 Å². The molecule has 1 aliphatic heterocycles. The molecule has 170 valence electrons. The summed E-state index contributed by atoms with van der Waals surface area (Å²) in [5.41, 5.74) is 3.07. The van der Waals surface area contributed by atoms with Crippen molar-refractivity contribution in [1.82, 2.24) is 15.5 Å². The number of aliphatic imine (C=N–C) groups is 1. The SMILES string of the molecule is CN=C(NCc1ccc(N2CCCC2=O)cc1)NCc1cccc(OCC(=O)N(C)C)c1. The van der Waals surface area contributed by atoms with E-state index in [0.717, 1.165) is 29.8 Å². The fraction of sp³-hybridized carbons (Fsp3) is 0.375. The number of hydrogen-bond acceptors (Lipinski definition) is 4. The lowest BCUT2D eigenvalue weighted by atomic mass is 10.2. The van der Waals surface area contributed by atoms with Gasteiger partial charge >= 0.3 is 0 Å². The van der Waals surface area contributed by atoms with Gasteiger partial charge in [-0.3, -0.25) is 14.6 Å². The summed E-state index contributed by atoms with van der Waals surface area (Å²) in [5.74, 6) is 1.44. The van der Waals surface area contributed by atoms with Crippen molar-refractivity contribution in [3.8, 4) is 5.75 Å². The third kappa shape index (κ3) is 6.47. The van der Waals surface area contributed by atoms with Crippen LogP contribution in [0.3, 0.4) is 0 Å². The lowest BCUT2D eigenvalue weighted by molar-refractivity contribution is -0.130. The number of nitrogens with one attached hydrogen (secondary N) is 2. The smallest absolute Gasteiger partial charge is 0.259 e. The van der Waals surface area contributed by atoms with Crippen LogP contribution in [0.25, 0.3) is 0 Å². The normalized spacial score (nSPS) is 13.8. The number of guanidine groups is 1. The average molecular weight is 438 g/mol. The van der Waals surface area contributed by atoms with Crippen molar-refractivity contribution in [2.75, 3.05) is 39.2 Å². The Hall–Kier alpha value is -3.55. The predicted octanol–water partition coefficient (Wildman–Crippen LogP) is 2.15. The second-order valence-corrected chi connectivity index (χ2v) is 7.82. The molecular formula is C24H31N5O3. The summed E-state index contributed by atoms with van der Waals surface area (Å²) in [6, 6.07) is 15.6. The summed E-state index contributed by atoms with van der Waals surface area (Å²) in [6.45, 7) is 1.99. The molecule has 0 atom stereocenters. The zero-order valence-electron chi connectivity index (χ0n) is 18.9. The molecule has 32 heavy (non-hydrogen) atoms. The van der Waals surface area contributed by atoms with Gasteiger partial charge in [-0.05, 0) is 41.8 Å². The molecule has 2 N–H and O–H groups in total. The lowest BCUT2D eigenvalue weighted by Crippen LogP contribution is -2.36. The van der Waals surface area contributed by atoms with E-state index in [1.165, 1.54) is 4.90 Å². The Balaban J connectivity index is 1.47. The molecule has 0 aromatic heterocycles. The molecule has 1 heterocycles. The van der Waals surface area contributed by atoms with Crippen LogP contribution < -0.4 is 20.3 Å². The number of ether oxygens (including phenoxy) is 1. The highest BCUT2D eigenvalue weighted by atomic mass is 16.5. The van der Waals surface area contributed by atoms with Crippen molar-refractivity contribution >= 4 is 23.5 Å². The summed E-state index contributed by atoms with van der Waals surface area (Å²) in [4.78, 5) is 31.2. The molecule has 0 spiro atoms. The number of nitrogens with zero attached hydrogens (tertiary/aromatic N) is 3. The molecule has 3 rings (SSSR count). The zero-order valence-corrected chi connectivity index (χ0v) is 18.9. The van der Waals surface area contributed by atoms with E-state index in [0.29, 0.717) is 31.2 Å². The maximum absolute atomic E-state index is 11.9.